The maximum absolute atomic E-state index is 11.1. The van der Waals surface area contributed by atoms with E-state index in [9.17, 15) is 9.59 Å². The van der Waals surface area contributed by atoms with E-state index >= 15 is 0 Å². The van der Waals surface area contributed by atoms with Crippen LogP contribution in [-0.4, -0.2) is 21.5 Å². The number of nitrogens with zero attached hydrogens (tertiary/aromatic N) is 2. The van der Waals surface area contributed by atoms with E-state index < -0.39 is 0 Å². The van der Waals surface area contributed by atoms with Crippen LogP contribution in [0.5, 0.6) is 0 Å². The second kappa shape index (κ2) is 5.20. The summed E-state index contributed by atoms with van der Waals surface area (Å²) in [5.41, 5.74) is 3.60. The third-order valence-corrected chi connectivity index (χ3v) is 1.73. The number of hydrogen-bond acceptors (Lipinski definition) is 5. The van der Waals surface area contributed by atoms with E-state index in [1.165, 1.54) is 13.0 Å². The lowest BCUT2D eigenvalue weighted by atomic mass is 10.2. The first kappa shape index (κ1) is 12.1. The van der Waals surface area contributed by atoms with E-state index in [4.69, 9.17) is 0 Å². The van der Waals surface area contributed by atoms with Crippen molar-refractivity contribution in [1.29, 1.82) is 0 Å². The van der Waals surface area contributed by atoms with Crippen molar-refractivity contribution in [3.8, 4) is 0 Å². The predicted molar refractivity (Wildman–Crippen MR) is 61.6 cm³/mol. The summed E-state index contributed by atoms with van der Waals surface area (Å²) in [5, 5.41) is 3.93. The van der Waals surface area contributed by atoms with Gasteiger partial charge in [-0.3, -0.25) is 14.6 Å². The molecule has 2 N–H and O–H groups in total. The largest absolute Gasteiger partial charge is 0.300 e. The molecule has 0 fully saturated rings. The molecule has 1 aromatic heterocycles. The minimum Gasteiger partial charge on any atom is -0.300 e. The van der Waals surface area contributed by atoms with Crippen LogP contribution in [-0.2, 0) is 4.79 Å². The number of Topliss-reactive ketones (excluding diaryl/α,β-unsaturated/α-hetero) is 1. The normalized spacial score (nSPS) is 11.3. The Hall–Kier alpha value is -1.98. The SMILES string of the molecule is CC(=O)C/C(C)=N/Nc1nc(C)cc(=O)[nH]1. The second-order valence-corrected chi connectivity index (χ2v) is 3.57. The first-order valence-corrected chi connectivity index (χ1v) is 4.84. The maximum atomic E-state index is 11.1. The fourth-order valence-corrected chi connectivity index (χ4v) is 1.18. The van der Waals surface area contributed by atoms with E-state index in [2.05, 4.69) is 20.5 Å². The van der Waals surface area contributed by atoms with Gasteiger partial charge in [0.15, 0.2) is 0 Å². The molecule has 6 nitrogen and oxygen atoms in total. The Morgan fingerprint density at radius 1 is 1.56 bits per heavy atom. The van der Waals surface area contributed by atoms with Crippen molar-refractivity contribution in [2.75, 3.05) is 5.43 Å². The number of hydrazone groups is 1. The number of aromatic nitrogens is 2. The van der Waals surface area contributed by atoms with Gasteiger partial charge in [0.05, 0.1) is 0 Å². The van der Waals surface area contributed by atoms with Crippen LogP contribution >= 0.6 is 0 Å². The molecule has 1 heterocycles. The number of anilines is 1. The summed E-state index contributed by atoms with van der Waals surface area (Å²) in [5.74, 6) is 0.307. The molecule has 1 aromatic rings. The van der Waals surface area contributed by atoms with Crippen LogP contribution < -0.4 is 11.0 Å². The molecule has 0 bridgehead atoms. The van der Waals surface area contributed by atoms with E-state index in [0.29, 0.717) is 11.4 Å². The molecular weight excluding hydrogens is 208 g/mol. The highest BCUT2D eigenvalue weighted by molar-refractivity contribution is 5.99. The van der Waals surface area contributed by atoms with Gasteiger partial charge in [-0.05, 0) is 20.8 Å². The van der Waals surface area contributed by atoms with Crippen molar-refractivity contribution >= 4 is 17.4 Å². The molecule has 0 saturated carbocycles. The molecule has 16 heavy (non-hydrogen) atoms. The van der Waals surface area contributed by atoms with Crippen molar-refractivity contribution in [2.45, 2.75) is 27.2 Å². The van der Waals surface area contributed by atoms with Gasteiger partial charge in [-0.2, -0.15) is 5.10 Å². The fourth-order valence-electron chi connectivity index (χ4n) is 1.18. The summed E-state index contributed by atoms with van der Waals surface area (Å²) < 4.78 is 0. The summed E-state index contributed by atoms with van der Waals surface area (Å²) in [6.07, 6.45) is 0.281. The minimum atomic E-state index is -0.241. The van der Waals surface area contributed by atoms with Crippen LogP contribution in [0.1, 0.15) is 26.0 Å². The van der Waals surface area contributed by atoms with E-state index in [-0.39, 0.29) is 23.7 Å². The van der Waals surface area contributed by atoms with Gasteiger partial charge in [0, 0.05) is 23.9 Å². The highest BCUT2D eigenvalue weighted by Gasteiger charge is 1.98. The smallest absolute Gasteiger partial charge is 0.252 e. The molecule has 0 saturated heterocycles. The van der Waals surface area contributed by atoms with Gasteiger partial charge >= 0.3 is 0 Å². The summed E-state index contributed by atoms with van der Waals surface area (Å²) in [4.78, 5) is 28.4. The van der Waals surface area contributed by atoms with Crippen molar-refractivity contribution in [1.82, 2.24) is 9.97 Å². The number of carbonyl (C=O) groups excluding carboxylic acids is 1. The summed E-state index contributed by atoms with van der Waals surface area (Å²) >= 11 is 0. The highest BCUT2D eigenvalue weighted by Crippen LogP contribution is 1.96. The van der Waals surface area contributed by atoms with Crippen molar-refractivity contribution < 1.29 is 4.79 Å². The average Bonchev–Trinajstić information content (AvgIpc) is 2.12. The third-order valence-electron chi connectivity index (χ3n) is 1.73. The molecule has 0 aliphatic carbocycles. The predicted octanol–water partition coefficient (Wildman–Crippen LogP) is 0.845. The number of rotatable bonds is 4. The quantitative estimate of drug-likeness (QED) is 0.584. The molecule has 0 aliphatic rings. The maximum Gasteiger partial charge on any atom is 0.252 e. The van der Waals surface area contributed by atoms with Crippen LogP contribution in [0.2, 0.25) is 0 Å². The number of aryl methyl sites for hydroxylation is 1. The van der Waals surface area contributed by atoms with E-state index in [1.54, 1.807) is 13.8 Å². The highest BCUT2D eigenvalue weighted by atomic mass is 16.1. The Labute approximate surface area is 92.8 Å². The van der Waals surface area contributed by atoms with E-state index in [0.717, 1.165) is 0 Å². The van der Waals surface area contributed by atoms with E-state index in [1.807, 2.05) is 0 Å². The number of H-pyrrole nitrogens is 1. The van der Waals surface area contributed by atoms with Gasteiger partial charge in [-0.25, -0.2) is 10.4 Å². The first-order valence-electron chi connectivity index (χ1n) is 4.84. The Bertz CT molecular complexity index is 476. The summed E-state index contributed by atoms with van der Waals surface area (Å²) in [6.45, 7) is 4.93. The topological polar surface area (TPSA) is 87.2 Å². The zero-order chi connectivity index (χ0) is 12.1. The molecule has 0 amide bonds. The van der Waals surface area contributed by atoms with Crippen LogP contribution in [0.15, 0.2) is 16.0 Å². The molecular formula is C10H14N4O2. The van der Waals surface area contributed by atoms with Gasteiger partial charge < -0.3 is 0 Å². The lowest BCUT2D eigenvalue weighted by Crippen LogP contribution is -2.11. The zero-order valence-electron chi connectivity index (χ0n) is 9.50. The van der Waals surface area contributed by atoms with Crippen LogP contribution in [0.3, 0.4) is 0 Å². The van der Waals surface area contributed by atoms with Gasteiger partial charge in [-0.15, -0.1) is 0 Å². The molecule has 0 unspecified atom stereocenters. The Morgan fingerprint density at radius 2 is 2.25 bits per heavy atom. The molecule has 0 radical (unpaired) electrons. The lowest BCUT2D eigenvalue weighted by molar-refractivity contribution is -0.115. The molecule has 0 aliphatic heterocycles. The Balaban J connectivity index is 2.74. The number of ketones is 1. The molecule has 6 heteroatoms. The summed E-state index contributed by atoms with van der Waals surface area (Å²) in [7, 11) is 0. The molecule has 86 valence electrons. The van der Waals surface area contributed by atoms with Gasteiger partial charge in [0.1, 0.15) is 5.78 Å². The van der Waals surface area contributed by atoms with Crippen molar-refractivity contribution in [2.24, 2.45) is 5.10 Å². The van der Waals surface area contributed by atoms with Gasteiger partial charge in [-0.1, -0.05) is 0 Å². The second-order valence-electron chi connectivity index (χ2n) is 3.57. The first-order chi connectivity index (χ1) is 7.47. The zero-order valence-corrected chi connectivity index (χ0v) is 9.50. The number of hydrogen-bond donors (Lipinski definition) is 2. The standard InChI is InChI=1S/C10H14N4O2/c1-6-5-9(16)12-10(11-6)14-13-7(2)4-8(3)15/h5H,4H2,1-3H3,(H2,11,12,14,16)/b13-7+. The summed E-state index contributed by atoms with van der Waals surface area (Å²) in [6, 6.07) is 1.39. The van der Waals surface area contributed by atoms with Crippen LogP contribution in [0, 0.1) is 6.92 Å². The number of carbonyl (C=O) groups is 1. The van der Waals surface area contributed by atoms with Crippen molar-refractivity contribution in [3.05, 3.63) is 22.1 Å². The fraction of sp³-hybridized carbons (Fsp3) is 0.400. The number of aromatic amines is 1. The van der Waals surface area contributed by atoms with Gasteiger partial charge in [0.2, 0.25) is 5.95 Å². The van der Waals surface area contributed by atoms with Crippen LogP contribution in [0.25, 0.3) is 0 Å². The molecule has 0 spiro atoms. The van der Waals surface area contributed by atoms with Crippen LogP contribution in [0.4, 0.5) is 5.95 Å². The Kier molecular flexibility index (Phi) is 3.93. The lowest BCUT2D eigenvalue weighted by Gasteiger charge is -2.01. The Morgan fingerprint density at radius 3 is 2.81 bits per heavy atom. The molecule has 1 rings (SSSR count). The molecule has 0 aromatic carbocycles. The average molecular weight is 222 g/mol. The van der Waals surface area contributed by atoms with Crippen molar-refractivity contribution in [3.63, 3.8) is 0 Å². The number of nitrogens with one attached hydrogen (secondary N) is 2. The third kappa shape index (κ3) is 4.04. The van der Waals surface area contributed by atoms with Gasteiger partial charge in [0.25, 0.3) is 5.56 Å². The monoisotopic (exact) mass is 222 g/mol. The molecule has 0 atom stereocenters. The minimum absolute atomic E-state index is 0.0359.